The first-order valence-electron chi connectivity index (χ1n) is 9.82. The van der Waals surface area contributed by atoms with Crippen LogP contribution in [0.3, 0.4) is 0 Å². The molecule has 1 aliphatic heterocycles. The second kappa shape index (κ2) is 9.00. The fraction of sp³-hybridized carbons (Fsp3) is 0.435. The predicted molar refractivity (Wildman–Crippen MR) is 107 cm³/mol. The summed E-state index contributed by atoms with van der Waals surface area (Å²) in [4.78, 5) is 16.9. The summed E-state index contributed by atoms with van der Waals surface area (Å²) in [6, 6.07) is 19.8. The van der Waals surface area contributed by atoms with Crippen LogP contribution in [0, 0.1) is 6.92 Å². The van der Waals surface area contributed by atoms with E-state index in [1.807, 2.05) is 4.90 Å². The van der Waals surface area contributed by atoms with E-state index in [0.717, 1.165) is 39.0 Å². The summed E-state index contributed by atoms with van der Waals surface area (Å²) in [5.74, 6) is 0.318. The number of hydrogen-bond donors (Lipinski definition) is 0. The monoisotopic (exact) mass is 350 g/mol. The van der Waals surface area contributed by atoms with E-state index in [4.69, 9.17) is 0 Å². The summed E-state index contributed by atoms with van der Waals surface area (Å²) in [5, 5.41) is 0. The molecule has 0 spiro atoms. The first-order chi connectivity index (χ1) is 12.7. The number of carbonyl (C=O) groups is 1. The van der Waals surface area contributed by atoms with Crippen LogP contribution in [0.2, 0.25) is 0 Å². The Labute approximate surface area is 157 Å². The van der Waals surface area contributed by atoms with E-state index in [1.165, 1.54) is 16.7 Å². The molecule has 1 saturated heterocycles. The fourth-order valence-corrected chi connectivity index (χ4v) is 3.71. The highest BCUT2D eigenvalue weighted by Crippen LogP contribution is 2.29. The molecule has 3 rings (SSSR count). The van der Waals surface area contributed by atoms with Gasteiger partial charge in [0.15, 0.2) is 0 Å². The van der Waals surface area contributed by atoms with Crippen LogP contribution >= 0.6 is 0 Å². The average Bonchev–Trinajstić information content (AvgIpc) is 2.69. The van der Waals surface area contributed by atoms with Crippen molar-refractivity contribution in [2.75, 3.05) is 26.2 Å². The first kappa shape index (κ1) is 18.7. The smallest absolute Gasteiger partial charge is 0.222 e. The predicted octanol–water partition coefficient (Wildman–Crippen LogP) is 4.42. The van der Waals surface area contributed by atoms with Gasteiger partial charge < -0.3 is 4.90 Å². The number of rotatable bonds is 6. The molecule has 0 unspecified atom stereocenters. The van der Waals surface area contributed by atoms with E-state index in [2.05, 4.69) is 73.3 Å². The molecule has 1 fully saturated rings. The van der Waals surface area contributed by atoms with Gasteiger partial charge in [-0.1, -0.05) is 73.5 Å². The molecule has 0 radical (unpaired) electrons. The van der Waals surface area contributed by atoms with Crippen LogP contribution in [0.5, 0.6) is 0 Å². The SMILES string of the molecule is CCCCC(=O)N1CCN([C@H](c2ccccc2)c2ccc(C)cc2)CC1. The number of amides is 1. The molecule has 3 nitrogen and oxygen atoms in total. The van der Waals surface area contributed by atoms with E-state index in [9.17, 15) is 4.79 Å². The highest BCUT2D eigenvalue weighted by atomic mass is 16.2. The Kier molecular flexibility index (Phi) is 6.45. The van der Waals surface area contributed by atoms with E-state index < -0.39 is 0 Å². The maximum Gasteiger partial charge on any atom is 0.222 e. The summed E-state index contributed by atoms with van der Waals surface area (Å²) in [5.41, 5.74) is 3.93. The van der Waals surface area contributed by atoms with Crippen molar-refractivity contribution in [3.8, 4) is 0 Å². The zero-order chi connectivity index (χ0) is 18.4. The van der Waals surface area contributed by atoms with Gasteiger partial charge in [-0.15, -0.1) is 0 Å². The molecule has 0 aromatic heterocycles. The summed E-state index contributed by atoms with van der Waals surface area (Å²) >= 11 is 0. The number of benzene rings is 2. The zero-order valence-electron chi connectivity index (χ0n) is 16.0. The molecular formula is C23H30N2O. The Bertz CT molecular complexity index is 688. The van der Waals surface area contributed by atoms with Gasteiger partial charge in [-0.05, 0) is 24.5 Å². The fourth-order valence-electron chi connectivity index (χ4n) is 3.71. The van der Waals surface area contributed by atoms with Crippen molar-refractivity contribution in [1.82, 2.24) is 9.80 Å². The lowest BCUT2D eigenvalue weighted by Crippen LogP contribution is -2.49. The highest BCUT2D eigenvalue weighted by molar-refractivity contribution is 5.76. The Balaban J connectivity index is 1.75. The topological polar surface area (TPSA) is 23.6 Å². The third kappa shape index (κ3) is 4.53. The van der Waals surface area contributed by atoms with Crippen molar-refractivity contribution in [1.29, 1.82) is 0 Å². The Hall–Kier alpha value is -2.13. The molecular weight excluding hydrogens is 320 g/mol. The minimum absolute atomic E-state index is 0.254. The zero-order valence-corrected chi connectivity index (χ0v) is 16.0. The summed E-state index contributed by atoms with van der Waals surface area (Å²) in [6.07, 6.45) is 2.76. The summed E-state index contributed by atoms with van der Waals surface area (Å²) in [7, 11) is 0. The van der Waals surface area contributed by atoms with Crippen LogP contribution < -0.4 is 0 Å². The third-order valence-corrected chi connectivity index (χ3v) is 5.28. The Morgan fingerprint density at radius 1 is 0.923 bits per heavy atom. The molecule has 1 atom stereocenters. The first-order valence-corrected chi connectivity index (χ1v) is 9.82. The molecule has 0 N–H and O–H groups in total. The number of unbranched alkanes of at least 4 members (excludes halogenated alkanes) is 1. The van der Waals surface area contributed by atoms with Crippen molar-refractivity contribution in [2.24, 2.45) is 0 Å². The van der Waals surface area contributed by atoms with Crippen LogP contribution in [0.4, 0.5) is 0 Å². The van der Waals surface area contributed by atoms with Crippen molar-refractivity contribution in [3.05, 3.63) is 71.3 Å². The van der Waals surface area contributed by atoms with E-state index in [0.29, 0.717) is 12.3 Å². The van der Waals surface area contributed by atoms with Gasteiger partial charge in [0.2, 0.25) is 5.91 Å². The lowest BCUT2D eigenvalue weighted by Gasteiger charge is -2.40. The molecule has 1 amide bonds. The minimum atomic E-state index is 0.254. The Morgan fingerprint density at radius 2 is 1.54 bits per heavy atom. The summed E-state index contributed by atoms with van der Waals surface area (Å²) < 4.78 is 0. The number of nitrogens with zero attached hydrogens (tertiary/aromatic N) is 2. The normalized spacial score (nSPS) is 16.5. The molecule has 2 aromatic rings. The molecule has 1 aliphatic rings. The largest absolute Gasteiger partial charge is 0.340 e. The van der Waals surface area contributed by atoms with Crippen LogP contribution in [-0.2, 0) is 4.79 Å². The van der Waals surface area contributed by atoms with Gasteiger partial charge in [0.25, 0.3) is 0 Å². The van der Waals surface area contributed by atoms with Crippen molar-refractivity contribution in [2.45, 2.75) is 39.2 Å². The second-order valence-electron chi connectivity index (χ2n) is 7.24. The van der Waals surface area contributed by atoms with Gasteiger partial charge in [-0.2, -0.15) is 0 Å². The number of carbonyl (C=O) groups excluding carboxylic acids is 1. The van der Waals surface area contributed by atoms with Gasteiger partial charge in [0.1, 0.15) is 0 Å². The number of hydrogen-bond acceptors (Lipinski definition) is 2. The van der Waals surface area contributed by atoms with Crippen molar-refractivity contribution in [3.63, 3.8) is 0 Å². The van der Waals surface area contributed by atoms with Gasteiger partial charge in [-0.25, -0.2) is 0 Å². The van der Waals surface area contributed by atoms with Crippen LogP contribution in [0.25, 0.3) is 0 Å². The van der Waals surface area contributed by atoms with E-state index in [1.54, 1.807) is 0 Å². The van der Waals surface area contributed by atoms with E-state index >= 15 is 0 Å². The van der Waals surface area contributed by atoms with Crippen LogP contribution in [0.15, 0.2) is 54.6 Å². The van der Waals surface area contributed by atoms with E-state index in [-0.39, 0.29) is 6.04 Å². The quantitative estimate of drug-likeness (QED) is 0.770. The maximum atomic E-state index is 12.3. The lowest BCUT2D eigenvalue weighted by molar-refractivity contribution is -0.133. The molecule has 26 heavy (non-hydrogen) atoms. The number of aryl methyl sites for hydroxylation is 1. The maximum absolute atomic E-state index is 12.3. The average molecular weight is 351 g/mol. The molecule has 3 heteroatoms. The van der Waals surface area contributed by atoms with Gasteiger partial charge in [0.05, 0.1) is 6.04 Å². The second-order valence-corrected chi connectivity index (χ2v) is 7.24. The third-order valence-electron chi connectivity index (χ3n) is 5.28. The van der Waals surface area contributed by atoms with Gasteiger partial charge in [-0.3, -0.25) is 9.69 Å². The number of piperazine rings is 1. The van der Waals surface area contributed by atoms with Crippen molar-refractivity contribution < 1.29 is 4.79 Å². The molecule has 0 aliphatic carbocycles. The van der Waals surface area contributed by atoms with Gasteiger partial charge >= 0.3 is 0 Å². The highest BCUT2D eigenvalue weighted by Gasteiger charge is 2.27. The molecule has 0 bridgehead atoms. The lowest BCUT2D eigenvalue weighted by atomic mass is 9.95. The minimum Gasteiger partial charge on any atom is -0.340 e. The van der Waals surface area contributed by atoms with Crippen molar-refractivity contribution >= 4 is 5.91 Å². The Morgan fingerprint density at radius 3 is 2.15 bits per heavy atom. The van der Waals surface area contributed by atoms with Gasteiger partial charge in [0, 0.05) is 32.6 Å². The summed E-state index contributed by atoms with van der Waals surface area (Å²) in [6.45, 7) is 7.77. The molecule has 0 saturated carbocycles. The van der Waals surface area contributed by atoms with Crippen LogP contribution in [0.1, 0.15) is 48.9 Å². The molecule has 1 heterocycles. The molecule has 2 aromatic carbocycles. The van der Waals surface area contributed by atoms with Crippen LogP contribution in [-0.4, -0.2) is 41.9 Å². The molecule has 138 valence electrons. The standard InChI is InChI=1S/C23H30N2O/c1-3-4-10-22(26)24-15-17-25(18-16-24)23(20-8-6-5-7-9-20)21-13-11-19(2)12-14-21/h5-9,11-14,23H,3-4,10,15-18H2,1-2H3/t23-/m1/s1.